The Balaban J connectivity index is 2.33. The van der Waals surface area contributed by atoms with Gasteiger partial charge in [-0.1, -0.05) is 12.1 Å². The lowest BCUT2D eigenvalue weighted by atomic mass is 10.0. The average molecular weight is 364 g/mol. The van der Waals surface area contributed by atoms with E-state index in [2.05, 4.69) is 20.9 Å². The summed E-state index contributed by atoms with van der Waals surface area (Å²) < 4.78 is 27.1. The second-order valence-corrected chi connectivity index (χ2v) is 5.48. The van der Waals surface area contributed by atoms with Crippen LogP contribution in [0.25, 0.3) is 22.2 Å². The molecule has 2 aromatic carbocycles. The van der Waals surface area contributed by atoms with Gasteiger partial charge in [0.1, 0.15) is 0 Å². The Morgan fingerprint density at radius 3 is 2.55 bits per heavy atom. The molecule has 0 fully saturated rings. The summed E-state index contributed by atoms with van der Waals surface area (Å²) in [4.78, 5) is 15.8. The molecule has 1 N–H and O–H groups in total. The van der Waals surface area contributed by atoms with Crippen molar-refractivity contribution in [3.8, 4) is 11.3 Å². The first-order chi connectivity index (χ1) is 10.5. The first-order valence-electron chi connectivity index (χ1n) is 6.25. The summed E-state index contributed by atoms with van der Waals surface area (Å²) >= 11 is 3.32. The van der Waals surface area contributed by atoms with E-state index >= 15 is 0 Å². The van der Waals surface area contributed by atoms with E-state index in [0.717, 1.165) is 12.1 Å². The van der Waals surface area contributed by atoms with Crippen molar-refractivity contribution in [2.75, 3.05) is 0 Å². The normalized spacial score (nSPS) is 10.9. The van der Waals surface area contributed by atoms with E-state index in [1.165, 1.54) is 12.1 Å². The lowest BCUT2D eigenvalue weighted by Crippen LogP contribution is -2.01. The first-order valence-corrected chi connectivity index (χ1v) is 7.04. The summed E-state index contributed by atoms with van der Waals surface area (Å²) in [6, 6.07) is 9.77. The van der Waals surface area contributed by atoms with Crippen LogP contribution in [0, 0.1) is 11.6 Å². The third-order valence-electron chi connectivity index (χ3n) is 3.24. The number of pyridine rings is 1. The lowest BCUT2D eigenvalue weighted by Gasteiger charge is -2.08. The number of benzene rings is 2. The van der Waals surface area contributed by atoms with Crippen LogP contribution >= 0.6 is 15.9 Å². The van der Waals surface area contributed by atoms with Crippen LogP contribution in [0.1, 0.15) is 10.4 Å². The van der Waals surface area contributed by atoms with Crippen LogP contribution in [-0.4, -0.2) is 16.1 Å². The third kappa shape index (κ3) is 2.46. The van der Waals surface area contributed by atoms with Gasteiger partial charge in [-0.3, -0.25) is 0 Å². The van der Waals surface area contributed by atoms with Gasteiger partial charge in [0.15, 0.2) is 11.6 Å². The molecule has 0 bridgehead atoms. The SMILES string of the molecule is O=C(O)c1cc(-c2ccc(F)c(F)c2)nc2c(Br)cccc12. The Labute approximate surface area is 132 Å². The number of para-hydroxylation sites is 1. The molecule has 1 heterocycles. The van der Waals surface area contributed by atoms with Crippen LogP contribution < -0.4 is 0 Å². The van der Waals surface area contributed by atoms with E-state index in [4.69, 9.17) is 0 Å². The number of carbonyl (C=O) groups is 1. The van der Waals surface area contributed by atoms with Crippen molar-refractivity contribution in [2.45, 2.75) is 0 Å². The summed E-state index contributed by atoms with van der Waals surface area (Å²) in [6.07, 6.45) is 0. The van der Waals surface area contributed by atoms with E-state index < -0.39 is 17.6 Å². The molecule has 0 radical (unpaired) electrons. The highest BCUT2D eigenvalue weighted by molar-refractivity contribution is 9.10. The maximum atomic E-state index is 13.4. The van der Waals surface area contributed by atoms with Crippen LogP contribution in [0.3, 0.4) is 0 Å². The smallest absolute Gasteiger partial charge is 0.336 e. The summed E-state index contributed by atoms with van der Waals surface area (Å²) in [7, 11) is 0. The Bertz CT molecular complexity index is 912. The van der Waals surface area contributed by atoms with Crippen LogP contribution in [-0.2, 0) is 0 Å². The summed E-state index contributed by atoms with van der Waals surface area (Å²) in [5, 5.41) is 9.83. The standard InChI is InChI=1S/C16H8BrF2NO2/c17-11-3-1-2-9-10(16(21)22)7-14(20-15(9)11)8-4-5-12(18)13(19)6-8/h1-7H,(H,21,22). The van der Waals surface area contributed by atoms with Gasteiger partial charge in [-0.25, -0.2) is 18.6 Å². The molecule has 0 saturated carbocycles. The average Bonchev–Trinajstić information content (AvgIpc) is 2.49. The summed E-state index contributed by atoms with van der Waals surface area (Å²) in [5.74, 6) is -3.10. The molecule has 0 unspecified atom stereocenters. The molecule has 0 atom stereocenters. The van der Waals surface area contributed by atoms with Crippen molar-refractivity contribution >= 4 is 32.8 Å². The Morgan fingerprint density at radius 2 is 1.86 bits per heavy atom. The fraction of sp³-hybridized carbons (Fsp3) is 0. The molecule has 0 amide bonds. The van der Waals surface area contributed by atoms with Crippen molar-refractivity contribution in [1.82, 2.24) is 4.98 Å². The molecule has 0 aliphatic heterocycles. The fourth-order valence-electron chi connectivity index (χ4n) is 2.19. The van der Waals surface area contributed by atoms with Gasteiger partial charge in [0.2, 0.25) is 0 Å². The molecule has 3 nitrogen and oxygen atoms in total. The molecule has 110 valence electrons. The highest BCUT2D eigenvalue weighted by Crippen LogP contribution is 2.29. The molecule has 6 heteroatoms. The molecule has 0 aliphatic carbocycles. The number of carboxylic acids is 1. The first kappa shape index (κ1) is 14.6. The number of aromatic carboxylic acids is 1. The van der Waals surface area contributed by atoms with Gasteiger partial charge < -0.3 is 5.11 Å². The van der Waals surface area contributed by atoms with Crippen LogP contribution in [0.2, 0.25) is 0 Å². The Morgan fingerprint density at radius 1 is 1.09 bits per heavy atom. The van der Waals surface area contributed by atoms with E-state index in [1.54, 1.807) is 18.2 Å². The molecule has 0 aliphatic rings. The fourth-order valence-corrected chi connectivity index (χ4v) is 2.65. The van der Waals surface area contributed by atoms with E-state index in [1.807, 2.05) is 0 Å². The number of aromatic nitrogens is 1. The molecule has 3 aromatic rings. The topological polar surface area (TPSA) is 50.2 Å². The summed E-state index contributed by atoms with van der Waals surface area (Å²) in [6.45, 7) is 0. The Hall–Kier alpha value is -2.34. The highest BCUT2D eigenvalue weighted by atomic mass is 79.9. The molecule has 1 aromatic heterocycles. The van der Waals surface area contributed by atoms with Gasteiger partial charge in [0.05, 0.1) is 16.8 Å². The highest BCUT2D eigenvalue weighted by Gasteiger charge is 2.15. The quantitative estimate of drug-likeness (QED) is 0.721. The lowest BCUT2D eigenvalue weighted by molar-refractivity contribution is 0.0699. The zero-order chi connectivity index (χ0) is 15.9. The molecule has 0 saturated heterocycles. The zero-order valence-corrected chi connectivity index (χ0v) is 12.6. The number of hydrogen-bond acceptors (Lipinski definition) is 2. The second kappa shape index (κ2) is 5.46. The molecule has 3 rings (SSSR count). The number of hydrogen-bond donors (Lipinski definition) is 1. The largest absolute Gasteiger partial charge is 0.478 e. The number of carboxylic acid groups (broad SMARTS) is 1. The molecule has 22 heavy (non-hydrogen) atoms. The number of rotatable bonds is 2. The minimum atomic E-state index is -1.12. The zero-order valence-electron chi connectivity index (χ0n) is 11.0. The maximum absolute atomic E-state index is 13.4. The predicted octanol–water partition coefficient (Wildman–Crippen LogP) is 4.64. The number of nitrogens with zero attached hydrogens (tertiary/aromatic N) is 1. The van der Waals surface area contributed by atoms with Crippen molar-refractivity contribution in [2.24, 2.45) is 0 Å². The second-order valence-electron chi connectivity index (χ2n) is 4.63. The number of halogens is 3. The van der Waals surface area contributed by atoms with Gasteiger partial charge in [0.25, 0.3) is 0 Å². The molecular weight excluding hydrogens is 356 g/mol. The number of fused-ring (bicyclic) bond motifs is 1. The Kier molecular flexibility index (Phi) is 3.62. The van der Waals surface area contributed by atoms with Crippen molar-refractivity contribution in [1.29, 1.82) is 0 Å². The van der Waals surface area contributed by atoms with Crippen molar-refractivity contribution in [3.63, 3.8) is 0 Å². The van der Waals surface area contributed by atoms with Crippen LogP contribution in [0.5, 0.6) is 0 Å². The van der Waals surface area contributed by atoms with Crippen LogP contribution in [0.4, 0.5) is 8.78 Å². The third-order valence-corrected chi connectivity index (χ3v) is 3.88. The van der Waals surface area contributed by atoms with Gasteiger partial charge in [-0.2, -0.15) is 0 Å². The molecular formula is C16H8BrF2NO2. The van der Waals surface area contributed by atoms with Crippen molar-refractivity contribution < 1.29 is 18.7 Å². The van der Waals surface area contributed by atoms with E-state index in [0.29, 0.717) is 20.9 Å². The van der Waals surface area contributed by atoms with Gasteiger partial charge in [-0.15, -0.1) is 0 Å². The molecule has 0 spiro atoms. The minimum Gasteiger partial charge on any atom is -0.478 e. The minimum absolute atomic E-state index is 0.0473. The van der Waals surface area contributed by atoms with Gasteiger partial charge >= 0.3 is 5.97 Å². The monoisotopic (exact) mass is 363 g/mol. The maximum Gasteiger partial charge on any atom is 0.336 e. The van der Waals surface area contributed by atoms with E-state index in [-0.39, 0.29) is 11.3 Å². The van der Waals surface area contributed by atoms with Crippen molar-refractivity contribution in [3.05, 3.63) is 64.1 Å². The van der Waals surface area contributed by atoms with Gasteiger partial charge in [-0.05, 0) is 46.3 Å². The van der Waals surface area contributed by atoms with Gasteiger partial charge in [0, 0.05) is 15.4 Å². The summed E-state index contributed by atoms with van der Waals surface area (Å²) in [5.41, 5.74) is 1.06. The van der Waals surface area contributed by atoms with Crippen LogP contribution in [0.15, 0.2) is 46.9 Å². The van der Waals surface area contributed by atoms with E-state index in [9.17, 15) is 18.7 Å². The predicted molar refractivity (Wildman–Crippen MR) is 81.8 cm³/mol.